The zero-order valence-electron chi connectivity index (χ0n) is 17.8. The normalized spacial score (nSPS) is 20.4. The van der Waals surface area contributed by atoms with Gasteiger partial charge in [0.25, 0.3) is 0 Å². The molecule has 0 spiro atoms. The van der Waals surface area contributed by atoms with Crippen LogP contribution < -0.4 is 10.6 Å². The molecule has 1 aliphatic rings. The van der Waals surface area contributed by atoms with Crippen molar-refractivity contribution in [1.82, 2.24) is 20.3 Å². The molecule has 174 valence electrons. The van der Waals surface area contributed by atoms with Gasteiger partial charge in [0.2, 0.25) is 0 Å². The van der Waals surface area contributed by atoms with E-state index in [1.165, 1.54) is 6.07 Å². The lowest BCUT2D eigenvalue weighted by molar-refractivity contribution is -0.0905. The molecule has 1 fully saturated rings. The number of hydrogen-bond donors (Lipinski definition) is 3. The molecule has 0 saturated carbocycles. The van der Waals surface area contributed by atoms with E-state index in [0.29, 0.717) is 41.4 Å². The number of urea groups is 1. The third kappa shape index (κ3) is 6.07. The van der Waals surface area contributed by atoms with Gasteiger partial charge in [-0.05, 0) is 55.7 Å². The number of amides is 2. The summed E-state index contributed by atoms with van der Waals surface area (Å²) in [6.45, 7) is 0.336. The quantitative estimate of drug-likeness (QED) is 0.483. The molecular weight excluding hydrogens is 449 g/mol. The van der Waals surface area contributed by atoms with E-state index in [-0.39, 0.29) is 30.6 Å². The van der Waals surface area contributed by atoms with E-state index in [1.54, 1.807) is 53.3 Å². The largest absolute Gasteiger partial charge is 0.394 e. The first-order chi connectivity index (χ1) is 16.0. The van der Waals surface area contributed by atoms with Crippen molar-refractivity contribution in [3.8, 4) is 11.3 Å². The number of aromatic nitrogens is 3. The third-order valence-electron chi connectivity index (χ3n) is 5.58. The van der Waals surface area contributed by atoms with Gasteiger partial charge in [-0.3, -0.25) is 4.68 Å². The molecule has 8 nitrogen and oxygen atoms in total. The number of hydrogen-bond acceptors (Lipinski definition) is 5. The Morgan fingerprint density at radius 1 is 1.21 bits per heavy atom. The maximum Gasteiger partial charge on any atom is 0.319 e. The number of rotatable bonds is 7. The number of aryl methyl sites for hydroxylation is 1. The Morgan fingerprint density at radius 3 is 2.76 bits per heavy atom. The molecule has 1 aromatic heterocycles. The fourth-order valence-electron chi connectivity index (χ4n) is 3.85. The van der Waals surface area contributed by atoms with Crippen molar-refractivity contribution in [2.75, 3.05) is 11.9 Å². The standard InChI is InChI=1S/C23H25ClFN5O3/c24-15-5-7-16(8-6-15)26-23(32)27-20-10-9-17(33-22(20)14-31)11-12-30-13-21(28-29-30)18-3-1-2-4-19(18)25/h1-8,13,17,20,22,31H,9-12,14H2,(H2,26,27,32)/t17-,20+,22-/m0/s1. The SMILES string of the molecule is O=C(Nc1ccc(Cl)cc1)N[C@@H]1CC[C@@H](CCn2cc(-c3ccccc3F)nn2)O[C@H]1CO. The highest BCUT2D eigenvalue weighted by Gasteiger charge is 2.32. The summed E-state index contributed by atoms with van der Waals surface area (Å²) in [6.07, 6.45) is 3.14. The Labute approximate surface area is 195 Å². The van der Waals surface area contributed by atoms with Crippen molar-refractivity contribution in [1.29, 1.82) is 0 Å². The van der Waals surface area contributed by atoms with Crippen molar-refractivity contribution in [3.05, 3.63) is 65.6 Å². The number of carbonyl (C=O) groups excluding carboxylic acids is 1. The Bertz CT molecular complexity index is 1080. The maximum absolute atomic E-state index is 13.9. The van der Waals surface area contributed by atoms with E-state index >= 15 is 0 Å². The molecular formula is C23H25ClFN5O3. The topological polar surface area (TPSA) is 101 Å². The van der Waals surface area contributed by atoms with Crippen molar-refractivity contribution in [2.45, 2.75) is 44.1 Å². The molecule has 2 heterocycles. The number of ether oxygens (including phenoxy) is 1. The van der Waals surface area contributed by atoms with E-state index in [2.05, 4.69) is 20.9 Å². The van der Waals surface area contributed by atoms with Gasteiger partial charge in [0.15, 0.2) is 0 Å². The second kappa shape index (κ2) is 10.7. The monoisotopic (exact) mass is 473 g/mol. The maximum atomic E-state index is 13.9. The second-order valence-corrected chi connectivity index (χ2v) is 8.34. The van der Waals surface area contributed by atoms with Crippen molar-refractivity contribution in [2.24, 2.45) is 0 Å². The van der Waals surface area contributed by atoms with Crippen LogP contribution in [0.3, 0.4) is 0 Å². The van der Waals surface area contributed by atoms with Crippen LogP contribution >= 0.6 is 11.6 Å². The molecule has 10 heteroatoms. The van der Waals surface area contributed by atoms with Gasteiger partial charge in [0.1, 0.15) is 17.6 Å². The number of aliphatic hydroxyl groups is 1. The first kappa shape index (κ1) is 23.2. The van der Waals surface area contributed by atoms with Crippen LogP contribution in [0.2, 0.25) is 5.02 Å². The summed E-state index contributed by atoms with van der Waals surface area (Å²) in [7, 11) is 0. The number of nitrogens with one attached hydrogen (secondary N) is 2. The number of halogens is 2. The molecule has 2 amide bonds. The molecule has 4 rings (SSSR count). The van der Waals surface area contributed by atoms with Crippen LogP contribution in [0, 0.1) is 5.82 Å². The van der Waals surface area contributed by atoms with Crippen LogP contribution in [0.25, 0.3) is 11.3 Å². The fraction of sp³-hybridized carbons (Fsp3) is 0.348. The van der Waals surface area contributed by atoms with Crippen LogP contribution in [0.15, 0.2) is 54.7 Å². The number of anilines is 1. The smallest absolute Gasteiger partial charge is 0.319 e. The predicted octanol–water partition coefficient (Wildman–Crippen LogP) is 3.86. The number of nitrogens with zero attached hydrogens (tertiary/aromatic N) is 3. The van der Waals surface area contributed by atoms with Gasteiger partial charge >= 0.3 is 6.03 Å². The number of benzene rings is 2. The number of carbonyl (C=O) groups is 1. The highest BCUT2D eigenvalue weighted by Crippen LogP contribution is 2.24. The van der Waals surface area contributed by atoms with E-state index in [1.807, 2.05) is 0 Å². The first-order valence-corrected chi connectivity index (χ1v) is 11.1. The minimum Gasteiger partial charge on any atom is -0.394 e. The van der Waals surface area contributed by atoms with Crippen molar-refractivity contribution >= 4 is 23.3 Å². The van der Waals surface area contributed by atoms with Gasteiger partial charge in [0.05, 0.1) is 24.9 Å². The van der Waals surface area contributed by atoms with Crippen molar-refractivity contribution in [3.63, 3.8) is 0 Å². The average Bonchev–Trinajstić information content (AvgIpc) is 3.29. The van der Waals surface area contributed by atoms with Gasteiger partial charge in [-0.1, -0.05) is 28.9 Å². The lowest BCUT2D eigenvalue weighted by Gasteiger charge is -2.36. The molecule has 2 aromatic carbocycles. The Morgan fingerprint density at radius 2 is 2.00 bits per heavy atom. The zero-order chi connectivity index (χ0) is 23.2. The molecule has 1 saturated heterocycles. The third-order valence-corrected chi connectivity index (χ3v) is 5.83. The average molecular weight is 474 g/mol. The summed E-state index contributed by atoms with van der Waals surface area (Å²) < 4.78 is 21.6. The molecule has 33 heavy (non-hydrogen) atoms. The summed E-state index contributed by atoms with van der Waals surface area (Å²) in [5.74, 6) is -0.343. The van der Waals surface area contributed by atoms with E-state index < -0.39 is 6.10 Å². The van der Waals surface area contributed by atoms with Gasteiger partial charge in [-0.2, -0.15) is 0 Å². The predicted molar refractivity (Wildman–Crippen MR) is 122 cm³/mol. The molecule has 0 radical (unpaired) electrons. The molecule has 0 aliphatic carbocycles. The lowest BCUT2D eigenvalue weighted by atomic mass is 9.97. The van der Waals surface area contributed by atoms with Crippen LogP contribution in [0.4, 0.5) is 14.9 Å². The second-order valence-electron chi connectivity index (χ2n) is 7.90. The van der Waals surface area contributed by atoms with Crippen LogP contribution in [-0.4, -0.2) is 51.0 Å². The Balaban J connectivity index is 1.27. The van der Waals surface area contributed by atoms with Crippen molar-refractivity contribution < 1.29 is 19.0 Å². The first-order valence-electron chi connectivity index (χ1n) is 10.8. The van der Waals surface area contributed by atoms with Crippen LogP contribution in [-0.2, 0) is 11.3 Å². The van der Waals surface area contributed by atoms with Crippen LogP contribution in [0.5, 0.6) is 0 Å². The molecule has 0 unspecified atom stereocenters. The summed E-state index contributed by atoms with van der Waals surface area (Å²) >= 11 is 5.86. The summed E-state index contributed by atoms with van der Waals surface area (Å²) in [5.41, 5.74) is 1.50. The van der Waals surface area contributed by atoms with Gasteiger partial charge in [0, 0.05) is 22.8 Å². The van der Waals surface area contributed by atoms with E-state index in [0.717, 1.165) is 6.42 Å². The van der Waals surface area contributed by atoms with Gasteiger partial charge < -0.3 is 20.5 Å². The minimum atomic E-state index is -0.510. The minimum absolute atomic E-state index is 0.0966. The fourth-order valence-corrected chi connectivity index (χ4v) is 3.98. The molecule has 3 aromatic rings. The molecule has 3 N–H and O–H groups in total. The Kier molecular flexibility index (Phi) is 7.54. The lowest BCUT2D eigenvalue weighted by Crippen LogP contribution is -2.52. The molecule has 1 aliphatic heterocycles. The van der Waals surface area contributed by atoms with Gasteiger partial charge in [-0.25, -0.2) is 9.18 Å². The van der Waals surface area contributed by atoms with Crippen LogP contribution in [0.1, 0.15) is 19.3 Å². The molecule has 0 bridgehead atoms. The number of aliphatic hydroxyl groups excluding tert-OH is 1. The van der Waals surface area contributed by atoms with Gasteiger partial charge in [-0.15, -0.1) is 5.10 Å². The zero-order valence-corrected chi connectivity index (χ0v) is 18.6. The highest BCUT2D eigenvalue weighted by atomic mass is 35.5. The Hall–Kier alpha value is -3.01. The van der Waals surface area contributed by atoms with E-state index in [9.17, 15) is 14.3 Å². The highest BCUT2D eigenvalue weighted by molar-refractivity contribution is 6.30. The summed E-state index contributed by atoms with van der Waals surface area (Å²) in [5, 5.41) is 24.1. The summed E-state index contributed by atoms with van der Waals surface area (Å²) in [6, 6.07) is 12.6. The summed E-state index contributed by atoms with van der Waals surface area (Å²) in [4.78, 5) is 12.3. The molecule has 3 atom stereocenters. The van der Waals surface area contributed by atoms with E-state index in [4.69, 9.17) is 16.3 Å².